The minimum absolute atomic E-state index is 0.225. The van der Waals surface area contributed by atoms with Crippen LogP contribution in [0.4, 0.5) is 0 Å². The Labute approximate surface area is 143 Å². The third-order valence-electron chi connectivity index (χ3n) is 6.13. The topological polar surface area (TPSA) is 45.6 Å². The lowest BCUT2D eigenvalue weighted by atomic mass is 9.72. The van der Waals surface area contributed by atoms with E-state index in [-0.39, 0.29) is 6.04 Å². The number of fused-ring (bicyclic) bond motifs is 4. The second kappa shape index (κ2) is 6.34. The van der Waals surface area contributed by atoms with E-state index < -0.39 is 6.10 Å². The lowest BCUT2D eigenvalue weighted by Crippen LogP contribution is -2.55. The van der Waals surface area contributed by atoms with Crippen molar-refractivity contribution < 1.29 is 9.84 Å². The number of aromatic nitrogens is 1. The Hall–Kier alpha value is -1.65. The van der Waals surface area contributed by atoms with E-state index >= 15 is 0 Å². The van der Waals surface area contributed by atoms with Gasteiger partial charge in [0, 0.05) is 24.2 Å². The van der Waals surface area contributed by atoms with Crippen molar-refractivity contribution in [3.05, 3.63) is 36.0 Å². The lowest BCUT2D eigenvalue weighted by Gasteiger charge is -2.51. The molecule has 4 heterocycles. The van der Waals surface area contributed by atoms with Gasteiger partial charge < -0.3 is 9.84 Å². The molecule has 5 rings (SSSR count). The van der Waals surface area contributed by atoms with Crippen molar-refractivity contribution in [3.63, 3.8) is 0 Å². The molecule has 128 valence electrons. The largest absolute Gasteiger partial charge is 0.497 e. The van der Waals surface area contributed by atoms with Gasteiger partial charge in [0.1, 0.15) is 5.75 Å². The van der Waals surface area contributed by atoms with Gasteiger partial charge in [0.05, 0.1) is 18.7 Å². The SMILES string of the molecule is CC[C@H]1CN2CC[C@H]1C[C@H]2[C@@H](O)c1ccnc2ccc(OC)cc12. The molecular weight excluding hydrogens is 300 g/mol. The van der Waals surface area contributed by atoms with Crippen LogP contribution in [0, 0.1) is 11.8 Å². The number of methoxy groups -OCH3 is 1. The van der Waals surface area contributed by atoms with Crippen molar-refractivity contribution in [3.8, 4) is 5.75 Å². The molecule has 5 atom stereocenters. The van der Waals surface area contributed by atoms with Crippen LogP contribution < -0.4 is 4.74 Å². The van der Waals surface area contributed by atoms with Crippen molar-refractivity contribution in [1.82, 2.24) is 9.88 Å². The van der Waals surface area contributed by atoms with Crippen molar-refractivity contribution >= 4 is 10.9 Å². The fourth-order valence-electron chi connectivity index (χ4n) is 4.71. The summed E-state index contributed by atoms with van der Waals surface area (Å²) in [5.41, 5.74) is 1.89. The molecule has 4 heteroatoms. The van der Waals surface area contributed by atoms with E-state index in [0.29, 0.717) is 0 Å². The second-order valence-electron chi connectivity index (χ2n) is 7.24. The highest BCUT2D eigenvalue weighted by Crippen LogP contribution is 2.42. The molecule has 1 aromatic heterocycles. The maximum atomic E-state index is 11.2. The Morgan fingerprint density at radius 3 is 2.96 bits per heavy atom. The Morgan fingerprint density at radius 1 is 1.38 bits per heavy atom. The van der Waals surface area contributed by atoms with Crippen molar-refractivity contribution in [2.75, 3.05) is 20.2 Å². The zero-order chi connectivity index (χ0) is 16.7. The van der Waals surface area contributed by atoms with Gasteiger partial charge in [-0.1, -0.05) is 13.3 Å². The van der Waals surface area contributed by atoms with E-state index in [0.717, 1.165) is 53.6 Å². The fraction of sp³-hybridized carbons (Fsp3) is 0.550. The van der Waals surface area contributed by atoms with Gasteiger partial charge in [-0.25, -0.2) is 0 Å². The molecule has 4 nitrogen and oxygen atoms in total. The Balaban J connectivity index is 1.68. The number of hydrogen-bond acceptors (Lipinski definition) is 4. The summed E-state index contributed by atoms with van der Waals surface area (Å²) >= 11 is 0. The van der Waals surface area contributed by atoms with Crippen LogP contribution in [-0.4, -0.2) is 41.2 Å². The third kappa shape index (κ3) is 2.58. The molecule has 1 N–H and O–H groups in total. The first-order valence-electron chi connectivity index (χ1n) is 9.06. The standard InChI is InChI=1S/C20H26N2O2/c1-3-13-12-22-9-7-14(13)10-19(22)20(23)16-6-8-21-18-5-4-15(24-2)11-17(16)18/h4-6,8,11,13-14,19-20,23H,3,7,9-10,12H2,1-2H3/t13-,14-,19-,20-/m0/s1. The molecule has 3 aliphatic heterocycles. The highest BCUT2D eigenvalue weighted by Gasteiger charge is 2.42. The van der Waals surface area contributed by atoms with Gasteiger partial charge in [-0.2, -0.15) is 0 Å². The number of hydrogen-bond donors (Lipinski definition) is 1. The first-order chi connectivity index (χ1) is 11.7. The minimum atomic E-state index is -0.469. The van der Waals surface area contributed by atoms with Crippen LogP contribution in [0.1, 0.15) is 37.9 Å². The molecule has 0 saturated carbocycles. The molecule has 3 aliphatic rings. The second-order valence-corrected chi connectivity index (χ2v) is 7.24. The summed E-state index contributed by atoms with van der Waals surface area (Å²) in [6.45, 7) is 4.55. The Morgan fingerprint density at radius 2 is 2.25 bits per heavy atom. The van der Waals surface area contributed by atoms with Crippen LogP contribution in [0.2, 0.25) is 0 Å². The molecule has 1 unspecified atom stereocenters. The van der Waals surface area contributed by atoms with E-state index in [2.05, 4.69) is 16.8 Å². The molecule has 0 aliphatic carbocycles. The number of pyridine rings is 1. The van der Waals surface area contributed by atoms with Gasteiger partial charge >= 0.3 is 0 Å². The highest BCUT2D eigenvalue weighted by molar-refractivity contribution is 5.83. The summed E-state index contributed by atoms with van der Waals surface area (Å²) in [4.78, 5) is 6.94. The van der Waals surface area contributed by atoms with Crippen LogP contribution in [-0.2, 0) is 0 Å². The average molecular weight is 326 g/mol. The van der Waals surface area contributed by atoms with Gasteiger partial charge in [0.2, 0.25) is 0 Å². The first kappa shape index (κ1) is 15.9. The van der Waals surface area contributed by atoms with Gasteiger partial charge in [-0.15, -0.1) is 0 Å². The third-order valence-corrected chi connectivity index (χ3v) is 6.13. The molecule has 2 bridgehead atoms. The summed E-state index contributed by atoms with van der Waals surface area (Å²) in [5.74, 6) is 2.37. The van der Waals surface area contributed by atoms with Gasteiger partial charge in [0.25, 0.3) is 0 Å². The van der Waals surface area contributed by atoms with E-state index in [4.69, 9.17) is 4.74 Å². The van der Waals surface area contributed by atoms with Crippen molar-refractivity contribution in [2.45, 2.75) is 38.3 Å². The van der Waals surface area contributed by atoms with Crippen LogP contribution in [0.5, 0.6) is 5.75 Å². The first-order valence-corrected chi connectivity index (χ1v) is 9.06. The predicted octanol–water partition coefficient (Wildman–Crippen LogP) is 3.40. The minimum Gasteiger partial charge on any atom is -0.497 e. The summed E-state index contributed by atoms with van der Waals surface area (Å²) in [7, 11) is 1.67. The van der Waals surface area contributed by atoms with Gasteiger partial charge in [-0.3, -0.25) is 9.88 Å². The number of piperidine rings is 3. The normalized spacial score (nSPS) is 30.5. The fourth-order valence-corrected chi connectivity index (χ4v) is 4.71. The summed E-state index contributed by atoms with van der Waals surface area (Å²) in [5, 5.41) is 12.2. The summed E-state index contributed by atoms with van der Waals surface area (Å²) in [6.07, 6.45) is 4.97. The Bertz CT molecular complexity index is 733. The quantitative estimate of drug-likeness (QED) is 0.935. The Kier molecular flexibility index (Phi) is 4.19. The maximum Gasteiger partial charge on any atom is 0.119 e. The van der Waals surface area contributed by atoms with E-state index in [1.807, 2.05) is 24.3 Å². The highest BCUT2D eigenvalue weighted by atomic mass is 16.5. The van der Waals surface area contributed by atoms with Gasteiger partial charge in [-0.05, 0) is 61.1 Å². The lowest BCUT2D eigenvalue weighted by molar-refractivity contribution is -0.0562. The smallest absolute Gasteiger partial charge is 0.119 e. The molecule has 3 fully saturated rings. The van der Waals surface area contributed by atoms with E-state index in [9.17, 15) is 5.11 Å². The number of benzene rings is 1. The van der Waals surface area contributed by atoms with Gasteiger partial charge in [0.15, 0.2) is 0 Å². The maximum absolute atomic E-state index is 11.2. The molecule has 24 heavy (non-hydrogen) atoms. The number of ether oxygens (including phenoxy) is 1. The molecule has 2 aromatic rings. The summed E-state index contributed by atoms with van der Waals surface area (Å²) < 4.78 is 5.36. The number of rotatable bonds is 4. The molecule has 0 amide bonds. The zero-order valence-corrected chi connectivity index (χ0v) is 14.5. The van der Waals surface area contributed by atoms with Crippen LogP contribution in [0.25, 0.3) is 10.9 Å². The zero-order valence-electron chi connectivity index (χ0n) is 14.5. The van der Waals surface area contributed by atoms with E-state index in [1.165, 1.54) is 12.8 Å². The number of aliphatic hydroxyl groups excluding tert-OH is 1. The van der Waals surface area contributed by atoms with Crippen molar-refractivity contribution in [1.29, 1.82) is 0 Å². The molecule has 3 saturated heterocycles. The van der Waals surface area contributed by atoms with Crippen LogP contribution in [0.15, 0.2) is 30.5 Å². The van der Waals surface area contributed by atoms with E-state index in [1.54, 1.807) is 13.3 Å². The molecule has 0 spiro atoms. The van der Waals surface area contributed by atoms with Crippen molar-refractivity contribution in [2.24, 2.45) is 11.8 Å². The van der Waals surface area contributed by atoms with Crippen LogP contribution >= 0.6 is 0 Å². The molecule has 0 radical (unpaired) electrons. The van der Waals surface area contributed by atoms with Crippen LogP contribution in [0.3, 0.4) is 0 Å². The molecule has 1 aromatic carbocycles. The molecular formula is C20H26N2O2. The summed E-state index contributed by atoms with van der Waals surface area (Å²) in [6, 6.07) is 8.07. The predicted molar refractivity (Wildman–Crippen MR) is 95.1 cm³/mol. The average Bonchev–Trinajstić information content (AvgIpc) is 2.66. The monoisotopic (exact) mass is 326 g/mol. The number of aliphatic hydroxyl groups is 1. The number of nitrogens with zero attached hydrogens (tertiary/aromatic N) is 2.